The van der Waals surface area contributed by atoms with Gasteiger partial charge in [-0.15, -0.1) is 0 Å². The fourth-order valence-corrected chi connectivity index (χ4v) is 3.90. The van der Waals surface area contributed by atoms with Crippen LogP contribution in [0.3, 0.4) is 0 Å². The Morgan fingerprint density at radius 3 is 2.73 bits per heavy atom. The van der Waals surface area contributed by atoms with Crippen LogP contribution < -0.4 is 9.64 Å². The zero-order valence-electron chi connectivity index (χ0n) is 15.6. The van der Waals surface area contributed by atoms with E-state index in [1.807, 2.05) is 29.2 Å². The topological polar surface area (TPSA) is 34.5 Å². The van der Waals surface area contributed by atoms with E-state index >= 15 is 0 Å². The maximum absolute atomic E-state index is 13.5. The van der Waals surface area contributed by atoms with Crippen molar-refractivity contribution in [2.45, 2.75) is 33.7 Å². The molecule has 3 aromatic rings. The van der Waals surface area contributed by atoms with Gasteiger partial charge in [-0.05, 0) is 55.7 Å². The molecule has 1 aliphatic rings. The number of benzene rings is 2. The lowest BCUT2D eigenvalue weighted by Crippen LogP contribution is -2.39. The predicted octanol–water partition coefficient (Wildman–Crippen LogP) is 4.57. The summed E-state index contributed by atoms with van der Waals surface area (Å²) in [5.41, 5.74) is 5.13. The number of carbonyl (C=O) groups excluding carboxylic acids is 1. The second kappa shape index (κ2) is 6.52. The molecule has 0 saturated heterocycles. The quantitative estimate of drug-likeness (QED) is 0.695. The third-order valence-corrected chi connectivity index (χ3v) is 5.28. The van der Waals surface area contributed by atoms with Crippen molar-refractivity contribution < 1.29 is 9.53 Å². The molecule has 0 saturated carbocycles. The summed E-state index contributed by atoms with van der Waals surface area (Å²) in [4.78, 5) is 15.4. The number of hydrogen-bond acceptors (Lipinski definition) is 2. The van der Waals surface area contributed by atoms with Crippen molar-refractivity contribution in [1.82, 2.24) is 4.57 Å². The van der Waals surface area contributed by atoms with Gasteiger partial charge in [-0.2, -0.15) is 0 Å². The lowest BCUT2D eigenvalue weighted by atomic mass is 10.1. The Labute approximate surface area is 154 Å². The summed E-state index contributed by atoms with van der Waals surface area (Å²) in [7, 11) is 0. The standard InChI is InChI=1S/C22H24N2O2/c1-4-16-10-11-18-17(14-16)15(3)21(23(18)5-2)22(25)24-12-13-26-20-9-7-6-8-19(20)24/h6-11,14H,4-5,12-13H2,1-3H3. The van der Waals surface area contributed by atoms with Gasteiger partial charge in [0.05, 0.1) is 12.2 Å². The molecule has 0 fully saturated rings. The molecule has 4 nitrogen and oxygen atoms in total. The van der Waals surface area contributed by atoms with Gasteiger partial charge in [0.25, 0.3) is 5.91 Å². The lowest BCUT2D eigenvalue weighted by molar-refractivity contribution is 0.0967. The van der Waals surface area contributed by atoms with Crippen LogP contribution in [-0.2, 0) is 13.0 Å². The van der Waals surface area contributed by atoms with E-state index in [1.54, 1.807) is 0 Å². The number of amides is 1. The molecule has 1 aromatic heterocycles. The molecule has 0 radical (unpaired) electrons. The lowest BCUT2D eigenvalue weighted by Gasteiger charge is -2.30. The first-order valence-electron chi connectivity index (χ1n) is 9.31. The van der Waals surface area contributed by atoms with Crippen molar-refractivity contribution >= 4 is 22.5 Å². The molecule has 4 heteroatoms. The predicted molar refractivity (Wildman–Crippen MR) is 105 cm³/mol. The average molecular weight is 348 g/mol. The van der Waals surface area contributed by atoms with Crippen LogP contribution in [0.4, 0.5) is 5.69 Å². The average Bonchev–Trinajstić information content (AvgIpc) is 2.98. The van der Waals surface area contributed by atoms with E-state index < -0.39 is 0 Å². The highest BCUT2D eigenvalue weighted by Gasteiger charge is 2.29. The van der Waals surface area contributed by atoms with Gasteiger partial charge in [-0.3, -0.25) is 4.79 Å². The number of ether oxygens (including phenoxy) is 1. The number of rotatable bonds is 3. The van der Waals surface area contributed by atoms with Crippen molar-refractivity contribution in [2.24, 2.45) is 0 Å². The summed E-state index contributed by atoms with van der Waals surface area (Å²) in [6.07, 6.45) is 0.993. The van der Waals surface area contributed by atoms with E-state index in [9.17, 15) is 4.79 Å². The molecule has 0 atom stereocenters. The van der Waals surface area contributed by atoms with Gasteiger partial charge in [-0.25, -0.2) is 0 Å². The van der Waals surface area contributed by atoms with Crippen molar-refractivity contribution in [3.05, 3.63) is 59.3 Å². The molecule has 0 N–H and O–H groups in total. The first kappa shape index (κ1) is 16.7. The van der Waals surface area contributed by atoms with Crippen LogP contribution in [0, 0.1) is 6.92 Å². The fraction of sp³-hybridized carbons (Fsp3) is 0.318. The molecule has 2 heterocycles. The number of hydrogen-bond donors (Lipinski definition) is 0. The summed E-state index contributed by atoms with van der Waals surface area (Å²) in [6, 6.07) is 14.3. The minimum atomic E-state index is 0.0503. The minimum Gasteiger partial charge on any atom is -0.490 e. The molecule has 26 heavy (non-hydrogen) atoms. The monoisotopic (exact) mass is 348 g/mol. The van der Waals surface area contributed by atoms with Gasteiger partial charge in [0.15, 0.2) is 0 Å². The number of aromatic nitrogens is 1. The molecular formula is C22H24N2O2. The highest BCUT2D eigenvalue weighted by molar-refractivity contribution is 6.10. The molecule has 0 bridgehead atoms. The Bertz CT molecular complexity index is 987. The van der Waals surface area contributed by atoms with Crippen LogP contribution in [0.5, 0.6) is 5.75 Å². The number of nitrogens with zero attached hydrogens (tertiary/aromatic N) is 2. The highest BCUT2D eigenvalue weighted by Crippen LogP contribution is 2.34. The highest BCUT2D eigenvalue weighted by atomic mass is 16.5. The summed E-state index contributed by atoms with van der Waals surface area (Å²) < 4.78 is 7.86. The second-order valence-corrected chi connectivity index (χ2v) is 6.70. The molecule has 4 rings (SSSR count). The fourth-order valence-electron chi connectivity index (χ4n) is 3.90. The van der Waals surface area contributed by atoms with E-state index in [0.717, 1.165) is 41.2 Å². The van der Waals surface area contributed by atoms with E-state index in [2.05, 4.69) is 43.5 Å². The molecule has 0 aliphatic carbocycles. The smallest absolute Gasteiger partial charge is 0.275 e. The van der Waals surface area contributed by atoms with E-state index in [0.29, 0.717) is 13.2 Å². The first-order valence-corrected chi connectivity index (χ1v) is 9.31. The normalized spacial score (nSPS) is 13.6. The largest absolute Gasteiger partial charge is 0.490 e. The van der Waals surface area contributed by atoms with E-state index in [-0.39, 0.29) is 5.91 Å². The number of aryl methyl sites for hydroxylation is 3. The Hall–Kier alpha value is -2.75. The van der Waals surface area contributed by atoms with Gasteiger partial charge in [0, 0.05) is 17.4 Å². The minimum absolute atomic E-state index is 0.0503. The number of fused-ring (bicyclic) bond motifs is 2. The second-order valence-electron chi connectivity index (χ2n) is 6.70. The van der Waals surface area contributed by atoms with Crippen molar-refractivity contribution in [1.29, 1.82) is 0 Å². The van der Waals surface area contributed by atoms with Gasteiger partial charge < -0.3 is 14.2 Å². The Morgan fingerprint density at radius 1 is 1.15 bits per heavy atom. The van der Waals surface area contributed by atoms with E-state index in [1.165, 1.54) is 10.9 Å². The zero-order chi connectivity index (χ0) is 18.3. The third kappa shape index (κ3) is 2.48. The summed E-state index contributed by atoms with van der Waals surface area (Å²) >= 11 is 0. The van der Waals surface area contributed by atoms with Crippen LogP contribution >= 0.6 is 0 Å². The molecule has 134 valence electrons. The Kier molecular flexibility index (Phi) is 4.19. The molecule has 0 unspecified atom stereocenters. The number of carbonyl (C=O) groups is 1. The SMILES string of the molecule is CCc1ccc2c(c1)c(C)c(C(=O)N1CCOc3ccccc31)n2CC. The summed E-state index contributed by atoms with van der Waals surface area (Å²) in [5.74, 6) is 0.825. The van der Waals surface area contributed by atoms with Crippen LogP contribution in [-0.4, -0.2) is 23.6 Å². The van der Waals surface area contributed by atoms with Gasteiger partial charge in [0.2, 0.25) is 0 Å². The van der Waals surface area contributed by atoms with E-state index in [4.69, 9.17) is 4.74 Å². The van der Waals surface area contributed by atoms with Crippen LogP contribution in [0.15, 0.2) is 42.5 Å². The maximum atomic E-state index is 13.5. The first-order chi connectivity index (χ1) is 12.7. The zero-order valence-corrected chi connectivity index (χ0v) is 15.6. The maximum Gasteiger partial charge on any atom is 0.275 e. The van der Waals surface area contributed by atoms with Crippen LogP contribution in [0.2, 0.25) is 0 Å². The van der Waals surface area contributed by atoms with Gasteiger partial charge in [-0.1, -0.05) is 25.1 Å². The number of para-hydroxylation sites is 2. The third-order valence-electron chi connectivity index (χ3n) is 5.28. The van der Waals surface area contributed by atoms with Gasteiger partial charge >= 0.3 is 0 Å². The Balaban J connectivity index is 1.87. The molecule has 1 aliphatic heterocycles. The summed E-state index contributed by atoms with van der Waals surface area (Å²) in [5, 5.41) is 1.18. The van der Waals surface area contributed by atoms with Crippen molar-refractivity contribution in [3.8, 4) is 5.75 Å². The van der Waals surface area contributed by atoms with Crippen molar-refractivity contribution in [2.75, 3.05) is 18.1 Å². The van der Waals surface area contributed by atoms with Crippen LogP contribution in [0.25, 0.3) is 10.9 Å². The molecular weight excluding hydrogens is 324 g/mol. The van der Waals surface area contributed by atoms with Crippen molar-refractivity contribution in [3.63, 3.8) is 0 Å². The summed E-state index contributed by atoms with van der Waals surface area (Å²) in [6.45, 7) is 8.17. The molecule has 1 amide bonds. The number of anilines is 1. The van der Waals surface area contributed by atoms with Gasteiger partial charge in [0.1, 0.15) is 18.1 Å². The Morgan fingerprint density at radius 2 is 1.96 bits per heavy atom. The van der Waals surface area contributed by atoms with Crippen LogP contribution in [0.1, 0.15) is 35.5 Å². The molecule has 2 aromatic carbocycles. The molecule has 0 spiro atoms.